The van der Waals surface area contributed by atoms with Crippen LogP contribution in [0.1, 0.15) is 5.76 Å². The third kappa shape index (κ3) is 5.08. The molecule has 1 aliphatic rings. The van der Waals surface area contributed by atoms with Crippen molar-refractivity contribution in [1.29, 1.82) is 0 Å². The molecule has 0 unspecified atom stereocenters. The number of sulfonamides is 1. The summed E-state index contributed by atoms with van der Waals surface area (Å²) in [5.74, 6) is 0.505. The number of hydrogen-bond acceptors (Lipinski definition) is 8. The number of rotatable bonds is 7. The molecular weight excluding hydrogens is 455 g/mol. The summed E-state index contributed by atoms with van der Waals surface area (Å²) >= 11 is 0. The van der Waals surface area contributed by atoms with Crippen LogP contribution in [0.15, 0.2) is 69.0 Å². The van der Waals surface area contributed by atoms with Gasteiger partial charge in [0.2, 0.25) is 10.0 Å². The second-order valence-corrected chi connectivity index (χ2v) is 8.94. The Kier molecular flexibility index (Phi) is 6.49. The monoisotopic (exact) mass is 474 g/mol. The average Bonchev–Trinajstić information content (AvgIpc) is 3.29. The van der Waals surface area contributed by atoms with E-state index in [0.29, 0.717) is 17.1 Å². The van der Waals surface area contributed by atoms with Gasteiger partial charge in [-0.1, -0.05) is 0 Å². The number of anilines is 1. The van der Waals surface area contributed by atoms with Gasteiger partial charge in [-0.2, -0.15) is 9.41 Å². The van der Waals surface area contributed by atoms with Crippen molar-refractivity contribution < 1.29 is 26.9 Å². The summed E-state index contributed by atoms with van der Waals surface area (Å²) in [7, 11) is -4.02. The van der Waals surface area contributed by atoms with Crippen molar-refractivity contribution in [2.75, 3.05) is 31.7 Å². The second kappa shape index (κ2) is 9.48. The van der Waals surface area contributed by atoms with Gasteiger partial charge in [0, 0.05) is 30.8 Å². The Morgan fingerprint density at radius 2 is 1.82 bits per heavy atom. The minimum Gasteiger partial charge on any atom is -0.455 e. The number of nitro benzene ring substituents is 1. The first kappa shape index (κ1) is 22.6. The number of hydrazone groups is 1. The molecule has 0 atom stereocenters. The lowest BCUT2D eigenvalue weighted by Crippen LogP contribution is -2.40. The van der Waals surface area contributed by atoms with Gasteiger partial charge in [-0.3, -0.25) is 15.5 Å². The van der Waals surface area contributed by atoms with E-state index in [0.717, 1.165) is 6.07 Å². The van der Waals surface area contributed by atoms with Crippen LogP contribution in [-0.2, 0) is 14.8 Å². The molecule has 0 spiro atoms. The zero-order valence-electron chi connectivity index (χ0n) is 17.2. The summed E-state index contributed by atoms with van der Waals surface area (Å²) in [4.78, 5) is 10.3. The summed E-state index contributed by atoms with van der Waals surface area (Å²) in [6.07, 6.45) is 1.33. The quantitative estimate of drug-likeness (QED) is 0.316. The molecule has 0 radical (unpaired) electrons. The normalized spacial score (nSPS) is 15.1. The molecule has 3 aromatic rings. The fourth-order valence-electron chi connectivity index (χ4n) is 3.21. The molecule has 172 valence electrons. The van der Waals surface area contributed by atoms with Gasteiger partial charge in [-0.05, 0) is 42.5 Å². The molecule has 12 heteroatoms. The maximum atomic E-state index is 13.1. The van der Waals surface area contributed by atoms with Crippen molar-refractivity contribution in [2.24, 2.45) is 5.10 Å². The summed E-state index contributed by atoms with van der Waals surface area (Å²) < 4.78 is 51.4. The Bertz CT molecular complexity index is 1280. The first-order valence-electron chi connectivity index (χ1n) is 9.86. The molecule has 4 rings (SSSR count). The van der Waals surface area contributed by atoms with Gasteiger partial charge >= 0.3 is 0 Å². The largest absolute Gasteiger partial charge is 0.455 e. The molecule has 33 heavy (non-hydrogen) atoms. The number of furan rings is 1. The summed E-state index contributed by atoms with van der Waals surface area (Å²) in [5.41, 5.74) is 3.03. The number of nitro groups is 1. The van der Waals surface area contributed by atoms with Crippen LogP contribution in [0.2, 0.25) is 0 Å². The van der Waals surface area contributed by atoms with Gasteiger partial charge < -0.3 is 9.15 Å². The van der Waals surface area contributed by atoms with Crippen LogP contribution in [-0.4, -0.2) is 50.2 Å². The average molecular weight is 474 g/mol. The lowest BCUT2D eigenvalue weighted by molar-refractivity contribution is -0.385. The van der Waals surface area contributed by atoms with E-state index in [9.17, 15) is 22.9 Å². The van der Waals surface area contributed by atoms with Gasteiger partial charge in [-0.15, -0.1) is 0 Å². The van der Waals surface area contributed by atoms with Gasteiger partial charge in [0.05, 0.1) is 30.0 Å². The zero-order chi connectivity index (χ0) is 23.4. The minimum absolute atomic E-state index is 0.0775. The molecule has 0 saturated carbocycles. The van der Waals surface area contributed by atoms with E-state index in [1.807, 2.05) is 0 Å². The van der Waals surface area contributed by atoms with Crippen molar-refractivity contribution in [3.63, 3.8) is 0 Å². The van der Waals surface area contributed by atoms with Crippen LogP contribution in [0, 0.1) is 15.9 Å². The summed E-state index contributed by atoms with van der Waals surface area (Å²) in [6.45, 7) is 0.770. The van der Waals surface area contributed by atoms with E-state index >= 15 is 0 Å². The zero-order valence-corrected chi connectivity index (χ0v) is 18.0. The number of hydrogen-bond donors (Lipinski definition) is 1. The predicted octanol–water partition coefficient (Wildman–Crippen LogP) is 3.46. The SMILES string of the molecule is O=[N+]([O-])c1ccc(N/N=C/c2ccc(-c3ccc(F)cc3)o2)c(S(=O)(=O)N2CCOCC2)c1. The molecule has 1 N–H and O–H groups in total. The molecule has 1 aliphatic heterocycles. The van der Waals surface area contributed by atoms with E-state index in [1.54, 1.807) is 24.3 Å². The van der Waals surface area contributed by atoms with Crippen LogP contribution >= 0.6 is 0 Å². The molecule has 1 fully saturated rings. The maximum absolute atomic E-state index is 13.1. The highest BCUT2D eigenvalue weighted by Crippen LogP contribution is 2.29. The number of ether oxygens (including phenoxy) is 1. The Morgan fingerprint density at radius 1 is 1.09 bits per heavy atom. The van der Waals surface area contributed by atoms with E-state index in [-0.39, 0.29) is 48.4 Å². The van der Waals surface area contributed by atoms with Crippen LogP contribution in [0.5, 0.6) is 0 Å². The maximum Gasteiger partial charge on any atom is 0.270 e. The predicted molar refractivity (Wildman–Crippen MR) is 118 cm³/mol. The standard InChI is InChI=1S/C21H19FN4O6S/c22-16-3-1-15(2-4-16)20-8-6-18(32-20)14-23-24-19-7-5-17(26(27)28)13-21(19)33(29,30)25-9-11-31-12-10-25/h1-8,13-14,24H,9-12H2/b23-14+. The van der Waals surface area contributed by atoms with Crippen molar-refractivity contribution >= 4 is 27.6 Å². The lowest BCUT2D eigenvalue weighted by atomic mass is 10.2. The molecule has 2 heterocycles. The number of nitrogens with one attached hydrogen (secondary N) is 1. The van der Waals surface area contributed by atoms with Crippen LogP contribution in [0.4, 0.5) is 15.8 Å². The molecule has 10 nitrogen and oxygen atoms in total. The van der Waals surface area contributed by atoms with Crippen molar-refractivity contribution in [3.05, 3.63) is 76.3 Å². The van der Waals surface area contributed by atoms with Crippen LogP contribution < -0.4 is 5.43 Å². The number of non-ortho nitro benzene ring substituents is 1. The van der Waals surface area contributed by atoms with Gasteiger partial charge in [-0.25, -0.2) is 12.8 Å². The van der Waals surface area contributed by atoms with Gasteiger partial charge in [0.25, 0.3) is 5.69 Å². The van der Waals surface area contributed by atoms with Crippen LogP contribution in [0.25, 0.3) is 11.3 Å². The van der Waals surface area contributed by atoms with Crippen LogP contribution in [0.3, 0.4) is 0 Å². The first-order valence-corrected chi connectivity index (χ1v) is 11.3. The Labute approximate surface area is 188 Å². The minimum atomic E-state index is -4.02. The summed E-state index contributed by atoms with van der Waals surface area (Å²) in [6, 6.07) is 12.6. The van der Waals surface area contributed by atoms with Gasteiger partial charge in [0.15, 0.2) is 0 Å². The molecule has 1 saturated heterocycles. The number of morpholine rings is 1. The van der Waals surface area contributed by atoms with E-state index in [1.165, 1.54) is 34.8 Å². The number of benzene rings is 2. The van der Waals surface area contributed by atoms with Crippen molar-refractivity contribution in [1.82, 2.24) is 4.31 Å². The molecule has 0 aliphatic carbocycles. The van der Waals surface area contributed by atoms with E-state index < -0.39 is 14.9 Å². The Hall–Kier alpha value is -3.61. The fourth-order valence-corrected chi connectivity index (χ4v) is 4.78. The van der Waals surface area contributed by atoms with Gasteiger partial charge in [0.1, 0.15) is 22.2 Å². The highest BCUT2D eigenvalue weighted by molar-refractivity contribution is 7.89. The Balaban J connectivity index is 1.57. The first-order chi connectivity index (χ1) is 15.8. The third-order valence-electron chi connectivity index (χ3n) is 4.90. The topological polar surface area (TPSA) is 127 Å². The molecule has 2 aromatic carbocycles. The number of halogens is 1. The third-order valence-corrected chi connectivity index (χ3v) is 6.83. The van der Waals surface area contributed by atoms with Crippen molar-refractivity contribution in [2.45, 2.75) is 4.90 Å². The highest BCUT2D eigenvalue weighted by Gasteiger charge is 2.30. The highest BCUT2D eigenvalue weighted by atomic mass is 32.2. The van der Waals surface area contributed by atoms with E-state index in [4.69, 9.17) is 9.15 Å². The summed E-state index contributed by atoms with van der Waals surface area (Å²) in [5, 5.41) is 15.2. The number of nitrogens with zero attached hydrogens (tertiary/aromatic N) is 3. The molecule has 0 amide bonds. The smallest absolute Gasteiger partial charge is 0.270 e. The van der Waals surface area contributed by atoms with E-state index in [2.05, 4.69) is 10.5 Å². The second-order valence-electron chi connectivity index (χ2n) is 7.03. The fraction of sp³-hybridized carbons (Fsp3) is 0.190. The Morgan fingerprint density at radius 3 is 2.52 bits per heavy atom. The lowest BCUT2D eigenvalue weighted by Gasteiger charge is -2.26. The van der Waals surface area contributed by atoms with Crippen molar-refractivity contribution in [3.8, 4) is 11.3 Å². The molecule has 0 bridgehead atoms. The molecule has 1 aromatic heterocycles. The molecular formula is C21H19FN4O6S.